The topological polar surface area (TPSA) is 72.2 Å². The first-order valence-electron chi connectivity index (χ1n) is 5.63. The van der Waals surface area contributed by atoms with Gasteiger partial charge in [0.2, 0.25) is 0 Å². The SMILES string of the molecule is Cc1cc(Br)cc(NS(=O)(=O)c2ccc(Cl)cc2N)c1. The summed E-state index contributed by atoms with van der Waals surface area (Å²) in [5.41, 5.74) is 7.21. The molecule has 0 aromatic heterocycles. The van der Waals surface area contributed by atoms with Crippen LogP contribution in [0.2, 0.25) is 5.02 Å². The number of benzene rings is 2. The molecule has 0 radical (unpaired) electrons. The van der Waals surface area contributed by atoms with E-state index in [1.165, 1.54) is 18.2 Å². The lowest BCUT2D eigenvalue weighted by atomic mass is 10.2. The van der Waals surface area contributed by atoms with Gasteiger partial charge in [0.05, 0.1) is 11.4 Å². The third-order valence-corrected chi connectivity index (χ3v) is 4.70. The van der Waals surface area contributed by atoms with Gasteiger partial charge in [-0.15, -0.1) is 0 Å². The summed E-state index contributed by atoms with van der Waals surface area (Å²) >= 11 is 9.09. The van der Waals surface area contributed by atoms with E-state index in [2.05, 4.69) is 20.7 Å². The van der Waals surface area contributed by atoms with Crippen LogP contribution >= 0.6 is 27.5 Å². The van der Waals surface area contributed by atoms with E-state index >= 15 is 0 Å². The summed E-state index contributed by atoms with van der Waals surface area (Å²) in [6.07, 6.45) is 0. The first-order chi connectivity index (χ1) is 9.28. The number of halogens is 2. The van der Waals surface area contributed by atoms with Crippen LogP contribution in [-0.4, -0.2) is 8.42 Å². The van der Waals surface area contributed by atoms with Crippen LogP contribution in [0, 0.1) is 6.92 Å². The second-order valence-electron chi connectivity index (χ2n) is 4.30. The summed E-state index contributed by atoms with van der Waals surface area (Å²) in [5, 5.41) is 0.389. The van der Waals surface area contributed by atoms with Crippen molar-refractivity contribution in [2.75, 3.05) is 10.5 Å². The lowest BCUT2D eigenvalue weighted by Gasteiger charge is -2.11. The second-order valence-corrected chi connectivity index (χ2v) is 7.31. The zero-order valence-electron chi connectivity index (χ0n) is 10.5. The molecule has 0 unspecified atom stereocenters. The van der Waals surface area contributed by atoms with Crippen LogP contribution in [-0.2, 0) is 10.0 Å². The molecule has 0 saturated heterocycles. The van der Waals surface area contributed by atoms with Crippen molar-refractivity contribution in [3.8, 4) is 0 Å². The monoisotopic (exact) mass is 374 g/mol. The molecule has 0 amide bonds. The number of aryl methyl sites for hydroxylation is 1. The van der Waals surface area contributed by atoms with E-state index < -0.39 is 10.0 Å². The molecule has 20 heavy (non-hydrogen) atoms. The van der Waals surface area contributed by atoms with E-state index in [9.17, 15) is 8.42 Å². The highest BCUT2D eigenvalue weighted by molar-refractivity contribution is 9.10. The summed E-state index contributed by atoms with van der Waals surface area (Å²) in [6, 6.07) is 9.56. The predicted octanol–water partition coefficient (Wildman–Crippen LogP) is 3.79. The molecular weight excluding hydrogens is 364 g/mol. The van der Waals surface area contributed by atoms with Gasteiger partial charge in [0.1, 0.15) is 4.90 Å². The van der Waals surface area contributed by atoms with Crippen molar-refractivity contribution >= 4 is 48.9 Å². The van der Waals surface area contributed by atoms with Crippen molar-refractivity contribution in [3.05, 3.63) is 51.5 Å². The molecule has 0 aliphatic heterocycles. The van der Waals surface area contributed by atoms with Crippen molar-refractivity contribution in [3.63, 3.8) is 0 Å². The van der Waals surface area contributed by atoms with E-state index in [0.717, 1.165) is 10.0 Å². The molecule has 2 rings (SSSR count). The van der Waals surface area contributed by atoms with Gasteiger partial charge in [0.15, 0.2) is 0 Å². The molecule has 0 spiro atoms. The molecule has 2 aromatic carbocycles. The van der Waals surface area contributed by atoms with Crippen LogP contribution in [0.1, 0.15) is 5.56 Å². The fraction of sp³-hybridized carbons (Fsp3) is 0.0769. The average Bonchev–Trinajstić information content (AvgIpc) is 2.25. The minimum atomic E-state index is -3.75. The number of sulfonamides is 1. The number of nitrogens with one attached hydrogen (secondary N) is 1. The zero-order valence-corrected chi connectivity index (χ0v) is 13.7. The van der Waals surface area contributed by atoms with Crippen LogP contribution in [0.25, 0.3) is 0 Å². The highest BCUT2D eigenvalue weighted by atomic mass is 79.9. The van der Waals surface area contributed by atoms with Crippen LogP contribution < -0.4 is 10.5 Å². The van der Waals surface area contributed by atoms with Crippen molar-refractivity contribution in [1.82, 2.24) is 0 Å². The van der Waals surface area contributed by atoms with E-state index in [1.54, 1.807) is 12.1 Å². The standard InChI is InChI=1S/C13H12BrClN2O2S/c1-8-4-9(14)6-11(5-8)17-20(18,19)13-3-2-10(15)7-12(13)16/h2-7,17H,16H2,1H3. The fourth-order valence-corrected chi connectivity index (χ4v) is 3.71. The molecule has 106 valence electrons. The van der Waals surface area contributed by atoms with Gasteiger partial charge in [-0.2, -0.15) is 0 Å². The lowest BCUT2D eigenvalue weighted by molar-refractivity contribution is 0.601. The van der Waals surface area contributed by atoms with Crippen molar-refractivity contribution < 1.29 is 8.42 Å². The predicted molar refractivity (Wildman–Crippen MR) is 85.6 cm³/mol. The van der Waals surface area contributed by atoms with Gasteiger partial charge in [0.25, 0.3) is 10.0 Å². The van der Waals surface area contributed by atoms with Gasteiger partial charge in [-0.3, -0.25) is 4.72 Å². The van der Waals surface area contributed by atoms with E-state index in [1.807, 2.05) is 13.0 Å². The molecule has 4 nitrogen and oxygen atoms in total. The van der Waals surface area contributed by atoms with Gasteiger partial charge in [0, 0.05) is 9.50 Å². The number of nitrogens with two attached hydrogens (primary N) is 1. The number of anilines is 2. The fourth-order valence-electron chi connectivity index (χ4n) is 1.77. The van der Waals surface area contributed by atoms with E-state index in [-0.39, 0.29) is 10.6 Å². The largest absolute Gasteiger partial charge is 0.398 e. The first-order valence-corrected chi connectivity index (χ1v) is 8.28. The molecule has 2 aromatic rings. The molecule has 7 heteroatoms. The number of rotatable bonds is 3. The van der Waals surface area contributed by atoms with Crippen molar-refractivity contribution in [2.24, 2.45) is 0 Å². The third-order valence-electron chi connectivity index (χ3n) is 2.56. The van der Waals surface area contributed by atoms with Crippen LogP contribution in [0.15, 0.2) is 45.8 Å². The Morgan fingerprint density at radius 2 is 1.90 bits per heavy atom. The lowest BCUT2D eigenvalue weighted by Crippen LogP contribution is -2.14. The Bertz CT molecular complexity index is 743. The molecule has 0 aliphatic rings. The minimum absolute atomic E-state index is 0.000437. The van der Waals surface area contributed by atoms with Crippen LogP contribution in [0.3, 0.4) is 0 Å². The number of nitrogen functional groups attached to an aromatic ring is 1. The minimum Gasteiger partial charge on any atom is -0.398 e. The maximum absolute atomic E-state index is 12.3. The van der Waals surface area contributed by atoms with Gasteiger partial charge < -0.3 is 5.73 Å². The zero-order chi connectivity index (χ0) is 14.9. The smallest absolute Gasteiger partial charge is 0.263 e. The summed E-state index contributed by atoms with van der Waals surface area (Å²) in [6.45, 7) is 1.87. The molecule has 3 N–H and O–H groups in total. The van der Waals surface area contributed by atoms with E-state index in [4.69, 9.17) is 17.3 Å². The summed E-state index contributed by atoms with van der Waals surface area (Å²) in [7, 11) is -3.75. The average molecular weight is 376 g/mol. The Kier molecular flexibility index (Phi) is 4.27. The van der Waals surface area contributed by atoms with Gasteiger partial charge in [-0.1, -0.05) is 27.5 Å². The summed E-state index contributed by atoms with van der Waals surface area (Å²) in [5.74, 6) is 0. The maximum atomic E-state index is 12.3. The Labute approximate surface area is 131 Å². The molecule has 0 bridgehead atoms. The Morgan fingerprint density at radius 1 is 1.20 bits per heavy atom. The van der Waals surface area contributed by atoms with Gasteiger partial charge in [-0.05, 0) is 48.9 Å². The second kappa shape index (κ2) is 5.63. The maximum Gasteiger partial charge on any atom is 0.263 e. The third kappa shape index (κ3) is 3.45. The molecule has 0 heterocycles. The first kappa shape index (κ1) is 15.2. The Balaban J connectivity index is 2.40. The van der Waals surface area contributed by atoms with Crippen molar-refractivity contribution in [1.29, 1.82) is 0 Å². The summed E-state index contributed by atoms with van der Waals surface area (Å²) in [4.78, 5) is -0.000437. The Morgan fingerprint density at radius 3 is 2.50 bits per heavy atom. The highest BCUT2D eigenvalue weighted by Gasteiger charge is 2.18. The molecule has 0 fully saturated rings. The Hall–Kier alpha value is -1.24. The van der Waals surface area contributed by atoms with Gasteiger partial charge in [-0.25, -0.2) is 8.42 Å². The normalized spacial score (nSPS) is 11.3. The molecule has 0 atom stereocenters. The van der Waals surface area contributed by atoms with E-state index in [0.29, 0.717) is 10.7 Å². The number of hydrogen-bond acceptors (Lipinski definition) is 3. The van der Waals surface area contributed by atoms with Crippen molar-refractivity contribution in [2.45, 2.75) is 11.8 Å². The molecule has 0 aliphatic carbocycles. The molecular formula is C13H12BrClN2O2S. The van der Waals surface area contributed by atoms with Gasteiger partial charge >= 0.3 is 0 Å². The van der Waals surface area contributed by atoms with Crippen LogP contribution in [0.4, 0.5) is 11.4 Å². The summed E-state index contributed by atoms with van der Waals surface area (Å²) < 4.78 is 27.9. The van der Waals surface area contributed by atoms with Crippen LogP contribution in [0.5, 0.6) is 0 Å². The highest BCUT2D eigenvalue weighted by Crippen LogP contribution is 2.26. The number of hydrogen-bond donors (Lipinski definition) is 2. The quantitative estimate of drug-likeness (QED) is 0.802. The molecule has 0 saturated carbocycles.